The quantitative estimate of drug-likeness (QED) is 0.194. The van der Waals surface area contributed by atoms with Gasteiger partial charge in [-0.3, -0.25) is 9.59 Å². The summed E-state index contributed by atoms with van der Waals surface area (Å²) in [5.41, 5.74) is -1.51. The summed E-state index contributed by atoms with van der Waals surface area (Å²) in [6.07, 6.45) is 0.354. The van der Waals surface area contributed by atoms with Crippen LogP contribution in [0.1, 0.15) is 92.2 Å². The number of benzene rings is 2. The highest BCUT2D eigenvalue weighted by atomic mass is 16.6. The molecule has 62 heavy (non-hydrogen) atoms. The van der Waals surface area contributed by atoms with Gasteiger partial charge in [0.05, 0.1) is 25.3 Å². The van der Waals surface area contributed by atoms with Crippen molar-refractivity contribution in [3.05, 3.63) is 71.8 Å². The Hall–Kier alpha value is -5.54. The maximum absolute atomic E-state index is 13.0. The third-order valence-corrected chi connectivity index (χ3v) is 11.4. The Balaban J connectivity index is 0.000000234. The molecule has 4 heterocycles. The minimum absolute atomic E-state index is 0.142. The Morgan fingerprint density at radius 1 is 0.548 bits per heavy atom. The van der Waals surface area contributed by atoms with E-state index in [4.69, 9.17) is 28.4 Å². The minimum atomic E-state index is -0.975. The van der Waals surface area contributed by atoms with Gasteiger partial charge in [-0.15, -0.1) is 0 Å². The molecule has 4 amide bonds. The lowest BCUT2D eigenvalue weighted by Gasteiger charge is -2.43. The Kier molecular flexibility index (Phi) is 15.4. The number of rotatable bonds is 8. The second-order valence-corrected chi connectivity index (χ2v) is 18.2. The average molecular weight is 865 g/mol. The maximum Gasteiger partial charge on any atom is 0.410 e. The molecular formula is C46H64N4O12. The summed E-state index contributed by atoms with van der Waals surface area (Å²) in [4.78, 5) is 83.6. The summed E-state index contributed by atoms with van der Waals surface area (Å²) in [5.74, 6) is -0.766. The van der Waals surface area contributed by atoms with Gasteiger partial charge >= 0.3 is 36.3 Å². The molecule has 6 rings (SSSR count). The fourth-order valence-corrected chi connectivity index (χ4v) is 8.65. The van der Waals surface area contributed by atoms with Crippen LogP contribution >= 0.6 is 0 Å². The van der Waals surface area contributed by atoms with E-state index < -0.39 is 58.5 Å². The van der Waals surface area contributed by atoms with Gasteiger partial charge in [-0.05, 0) is 92.2 Å². The lowest BCUT2D eigenvalue weighted by molar-refractivity contribution is -0.161. The molecule has 4 atom stereocenters. The smallest absolute Gasteiger partial charge is 0.410 e. The Morgan fingerprint density at radius 2 is 0.903 bits per heavy atom. The van der Waals surface area contributed by atoms with Gasteiger partial charge in [0.1, 0.15) is 35.2 Å². The number of carbonyl (C=O) groups is 6. The normalized spacial score (nSPS) is 23.2. The predicted molar refractivity (Wildman–Crippen MR) is 226 cm³/mol. The van der Waals surface area contributed by atoms with E-state index in [1.54, 1.807) is 65.2 Å². The summed E-state index contributed by atoms with van der Waals surface area (Å²) in [6, 6.07) is 17.8. The van der Waals surface area contributed by atoms with E-state index in [1.807, 2.05) is 60.7 Å². The Labute approximate surface area is 365 Å². The lowest BCUT2D eigenvalue weighted by Crippen LogP contribution is -2.58. The lowest BCUT2D eigenvalue weighted by atomic mass is 9.75. The third-order valence-electron chi connectivity index (χ3n) is 11.4. The van der Waals surface area contributed by atoms with Crippen molar-refractivity contribution in [3.63, 3.8) is 0 Å². The summed E-state index contributed by atoms with van der Waals surface area (Å²) < 4.78 is 32.9. The number of carbonyl (C=O) groups excluding carboxylic acids is 6. The predicted octanol–water partition coefficient (Wildman–Crippen LogP) is 7.18. The van der Waals surface area contributed by atoms with E-state index in [1.165, 1.54) is 9.80 Å². The van der Waals surface area contributed by atoms with Crippen molar-refractivity contribution in [2.75, 3.05) is 52.5 Å². The number of likely N-dealkylation sites (tertiary alicyclic amines) is 4. The van der Waals surface area contributed by atoms with Crippen molar-refractivity contribution in [3.8, 4) is 0 Å². The number of nitrogens with zero attached hydrogens (tertiary/aromatic N) is 4. The fraction of sp³-hybridized carbons (Fsp3) is 0.609. The monoisotopic (exact) mass is 864 g/mol. The molecule has 4 aliphatic heterocycles. The molecule has 0 saturated carbocycles. The number of amides is 4. The van der Waals surface area contributed by atoms with Gasteiger partial charge < -0.3 is 48.0 Å². The van der Waals surface area contributed by atoms with E-state index in [2.05, 4.69) is 0 Å². The second-order valence-electron chi connectivity index (χ2n) is 18.2. The molecule has 0 N–H and O–H groups in total. The zero-order valence-electron chi connectivity index (χ0n) is 37.5. The van der Waals surface area contributed by atoms with Gasteiger partial charge in [-0.1, -0.05) is 60.7 Å². The van der Waals surface area contributed by atoms with Crippen molar-refractivity contribution in [1.82, 2.24) is 19.6 Å². The molecule has 0 bridgehead atoms. The molecule has 2 aromatic carbocycles. The number of fused-ring (bicyclic) bond motifs is 2. The van der Waals surface area contributed by atoms with Crippen molar-refractivity contribution in [2.24, 2.45) is 10.8 Å². The average Bonchev–Trinajstić information content (AvgIpc) is 3.84. The van der Waals surface area contributed by atoms with Crippen LogP contribution < -0.4 is 0 Å². The summed E-state index contributed by atoms with van der Waals surface area (Å²) >= 11 is 0. The number of hydrogen-bond acceptors (Lipinski definition) is 12. The summed E-state index contributed by atoms with van der Waals surface area (Å²) in [7, 11) is 0. The van der Waals surface area contributed by atoms with E-state index in [0.29, 0.717) is 38.8 Å². The molecule has 340 valence electrons. The van der Waals surface area contributed by atoms with Crippen LogP contribution in [0, 0.1) is 10.8 Å². The van der Waals surface area contributed by atoms with Crippen LogP contribution in [0.2, 0.25) is 0 Å². The molecular weight excluding hydrogens is 801 g/mol. The largest absolute Gasteiger partial charge is 0.465 e. The molecule has 0 spiro atoms. The third kappa shape index (κ3) is 11.5. The molecule has 0 unspecified atom stereocenters. The van der Waals surface area contributed by atoms with Crippen LogP contribution in [-0.4, -0.2) is 132 Å². The number of hydrogen-bond donors (Lipinski definition) is 0. The topological polar surface area (TPSA) is 171 Å². The fourth-order valence-electron chi connectivity index (χ4n) is 8.65. The molecule has 16 heteroatoms. The van der Waals surface area contributed by atoms with Gasteiger partial charge in [0, 0.05) is 39.3 Å². The van der Waals surface area contributed by atoms with Gasteiger partial charge in [0.2, 0.25) is 0 Å². The van der Waals surface area contributed by atoms with Crippen LogP contribution in [0.15, 0.2) is 60.7 Å². The summed E-state index contributed by atoms with van der Waals surface area (Å²) in [6.45, 7) is 16.7. The maximum atomic E-state index is 13.0. The van der Waals surface area contributed by atoms with Crippen LogP contribution in [0.25, 0.3) is 0 Å². The molecule has 4 fully saturated rings. The molecule has 0 aromatic heterocycles. The Bertz CT molecular complexity index is 1750. The first-order valence-corrected chi connectivity index (χ1v) is 21.6. The molecule has 2 aromatic rings. The van der Waals surface area contributed by atoms with Gasteiger partial charge in [-0.2, -0.15) is 0 Å². The first-order valence-electron chi connectivity index (χ1n) is 21.6. The van der Waals surface area contributed by atoms with E-state index in [9.17, 15) is 28.8 Å². The minimum Gasteiger partial charge on any atom is -0.465 e. The van der Waals surface area contributed by atoms with Gasteiger partial charge in [0.25, 0.3) is 0 Å². The van der Waals surface area contributed by atoms with Crippen LogP contribution in [0.4, 0.5) is 19.2 Å². The first-order chi connectivity index (χ1) is 29.3. The van der Waals surface area contributed by atoms with Crippen molar-refractivity contribution >= 4 is 36.3 Å². The number of esters is 2. The number of piperidine rings is 2. The van der Waals surface area contributed by atoms with Crippen LogP contribution in [-0.2, 0) is 51.2 Å². The van der Waals surface area contributed by atoms with Crippen LogP contribution in [0.3, 0.4) is 0 Å². The standard InChI is InChI=1S/2C23H32N2O6/c2*1-5-29-19(26)23-12-9-13-25(21(28)31-22(2,3)4)18(23)14-24(16-23)20(27)30-15-17-10-7-6-8-11-17/h2*6-8,10-11,18H,5,9,12-16H2,1-4H3/t2*18-,23-/m10/s1. The zero-order chi connectivity index (χ0) is 45.3. The second kappa shape index (κ2) is 20.1. The molecule has 4 saturated heterocycles. The summed E-state index contributed by atoms with van der Waals surface area (Å²) in [5, 5.41) is 0. The van der Waals surface area contributed by atoms with Crippen molar-refractivity contribution in [2.45, 2.75) is 118 Å². The first kappa shape index (κ1) is 47.5. The Morgan fingerprint density at radius 3 is 1.23 bits per heavy atom. The van der Waals surface area contributed by atoms with E-state index >= 15 is 0 Å². The molecule has 4 aliphatic rings. The molecule has 0 aliphatic carbocycles. The van der Waals surface area contributed by atoms with E-state index in [0.717, 1.165) is 11.1 Å². The van der Waals surface area contributed by atoms with Crippen molar-refractivity contribution < 1.29 is 57.2 Å². The van der Waals surface area contributed by atoms with Gasteiger partial charge in [-0.25, -0.2) is 19.2 Å². The molecule has 16 nitrogen and oxygen atoms in total. The molecule has 0 radical (unpaired) electrons. The highest BCUT2D eigenvalue weighted by Crippen LogP contribution is 2.45. The SMILES string of the molecule is CCOC(=O)[C@@]12CCCN(C(=O)OC(C)(C)C)[C@@H]1CN(C(=O)OCc1ccccc1)C2.CCOC(=O)[C@]12CCCN(C(=O)OC(C)(C)C)[C@H]1CN(C(=O)OCc1ccccc1)C2. The van der Waals surface area contributed by atoms with Crippen molar-refractivity contribution in [1.29, 1.82) is 0 Å². The van der Waals surface area contributed by atoms with Crippen LogP contribution in [0.5, 0.6) is 0 Å². The highest BCUT2D eigenvalue weighted by molar-refractivity contribution is 5.84. The van der Waals surface area contributed by atoms with Gasteiger partial charge in [0.15, 0.2) is 0 Å². The highest BCUT2D eigenvalue weighted by Gasteiger charge is 2.61. The zero-order valence-corrected chi connectivity index (χ0v) is 37.5. The van der Waals surface area contributed by atoms with E-state index in [-0.39, 0.29) is 64.5 Å². The number of ether oxygens (including phenoxy) is 6.